The van der Waals surface area contributed by atoms with E-state index in [4.69, 9.17) is 9.84 Å². The highest BCUT2D eigenvalue weighted by Gasteiger charge is 2.02. The minimum Gasteiger partial charge on any atom is -0.491 e. The predicted octanol–water partition coefficient (Wildman–Crippen LogP) is 2.33. The molecule has 0 bridgehead atoms. The van der Waals surface area contributed by atoms with E-state index in [1.807, 2.05) is 26.0 Å². The number of hydrogen-bond acceptors (Lipinski definition) is 3. The second kappa shape index (κ2) is 7.30. The summed E-state index contributed by atoms with van der Waals surface area (Å²) in [7, 11) is 0. The molecule has 17 heavy (non-hydrogen) atoms. The van der Waals surface area contributed by atoms with E-state index >= 15 is 0 Å². The van der Waals surface area contributed by atoms with E-state index in [9.17, 15) is 0 Å². The smallest absolute Gasteiger partial charge is 0.120 e. The van der Waals surface area contributed by atoms with Crippen molar-refractivity contribution in [2.45, 2.75) is 45.9 Å². The predicted molar refractivity (Wildman–Crippen MR) is 70.2 cm³/mol. The molecule has 0 aliphatic rings. The monoisotopic (exact) mass is 237 g/mol. The van der Waals surface area contributed by atoms with Crippen molar-refractivity contribution in [3.63, 3.8) is 0 Å². The Bertz CT molecular complexity index is 326. The van der Waals surface area contributed by atoms with Crippen LogP contribution in [-0.2, 0) is 6.54 Å². The quantitative estimate of drug-likeness (QED) is 0.765. The van der Waals surface area contributed by atoms with Crippen molar-refractivity contribution in [1.29, 1.82) is 0 Å². The highest BCUT2D eigenvalue weighted by Crippen LogP contribution is 2.14. The van der Waals surface area contributed by atoms with Crippen LogP contribution in [0.15, 0.2) is 24.3 Å². The van der Waals surface area contributed by atoms with Gasteiger partial charge in [-0.05, 0) is 44.9 Å². The van der Waals surface area contributed by atoms with Crippen molar-refractivity contribution in [2.24, 2.45) is 0 Å². The van der Waals surface area contributed by atoms with Crippen molar-refractivity contribution >= 4 is 0 Å². The standard InChI is InChI=1S/C14H23NO2/c1-11(2)17-14-6-4-5-13(9-14)10-15-12(3)7-8-16/h4-6,9,11-12,15-16H,7-8,10H2,1-3H3/t12-/m1/s1. The van der Waals surface area contributed by atoms with Gasteiger partial charge in [0.15, 0.2) is 0 Å². The fourth-order valence-electron chi connectivity index (χ4n) is 1.59. The average molecular weight is 237 g/mol. The highest BCUT2D eigenvalue weighted by molar-refractivity contribution is 5.28. The van der Waals surface area contributed by atoms with Crippen LogP contribution in [-0.4, -0.2) is 23.9 Å². The molecule has 0 aliphatic heterocycles. The fraction of sp³-hybridized carbons (Fsp3) is 0.571. The van der Waals surface area contributed by atoms with Crippen LogP contribution in [0.2, 0.25) is 0 Å². The second-order valence-electron chi connectivity index (χ2n) is 4.61. The molecule has 3 nitrogen and oxygen atoms in total. The third-order valence-corrected chi connectivity index (χ3v) is 2.49. The Balaban J connectivity index is 2.48. The van der Waals surface area contributed by atoms with Gasteiger partial charge < -0.3 is 15.2 Å². The van der Waals surface area contributed by atoms with E-state index in [2.05, 4.69) is 24.4 Å². The summed E-state index contributed by atoms with van der Waals surface area (Å²) < 4.78 is 5.64. The molecule has 1 atom stereocenters. The lowest BCUT2D eigenvalue weighted by Crippen LogP contribution is -2.26. The molecule has 96 valence electrons. The first-order valence-electron chi connectivity index (χ1n) is 6.21. The van der Waals surface area contributed by atoms with Crippen LogP contribution in [0.4, 0.5) is 0 Å². The van der Waals surface area contributed by atoms with Gasteiger partial charge in [-0.3, -0.25) is 0 Å². The van der Waals surface area contributed by atoms with E-state index < -0.39 is 0 Å². The zero-order valence-corrected chi connectivity index (χ0v) is 10.9. The average Bonchev–Trinajstić information content (AvgIpc) is 2.26. The molecule has 3 heteroatoms. The Kier molecular flexibility index (Phi) is 6.01. The number of benzene rings is 1. The largest absolute Gasteiger partial charge is 0.491 e. The van der Waals surface area contributed by atoms with E-state index in [1.165, 1.54) is 5.56 Å². The van der Waals surface area contributed by atoms with E-state index in [0.29, 0.717) is 6.04 Å². The third-order valence-electron chi connectivity index (χ3n) is 2.49. The van der Waals surface area contributed by atoms with Gasteiger partial charge in [-0.1, -0.05) is 12.1 Å². The van der Waals surface area contributed by atoms with Crippen LogP contribution in [0.1, 0.15) is 32.8 Å². The van der Waals surface area contributed by atoms with Gasteiger partial charge in [-0.2, -0.15) is 0 Å². The van der Waals surface area contributed by atoms with Gasteiger partial charge in [0, 0.05) is 19.2 Å². The summed E-state index contributed by atoms with van der Waals surface area (Å²) in [5, 5.41) is 12.2. The van der Waals surface area contributed by atoms with Gasteiger partial charge in [0.05, 0.1) is 6.10 Å². The molecule has 1 aromatic carbocycles. The zero-order chi connectivity index (χ0) is 12.7. The van der Waals surface area contributed by atoms with E-state index in [-0.39, 0.29) is 12.7 Å². The lowest BCUT2D eigenvalue weighted by Gasteiger charge is -2.14. The maximum atomic E-state index is 8.82. The van der Waals surface area contributed by atoms with Gasteiger partial charge >= 0.3 is 0 Å². The first kappa shape index (κ1) is 14.0. The number of nitrogens with one attached hydrogen (secondary N) is 1. The molecule has 0 saturated heterocycles. The van der Waals surface area contributed by atoms with Gasteiger partial charge in [0.1, 0.15) is 5.75 Å². The summed E-state index contributed by atoms with van der Waals surface area (Å²) in [6.07, 6.45) is 0.980. The van der Waals surface area contributed by atoms with E-state index in [0.717, 1.165) is 18.7 Å². The van der Waals surface area contributed by atoms with Crippen LogP contribution >= 0.6 is 0 Å². The van der Waals surface area contributed by atoms with Crippen LogP contribution in [0.5, 0.6) is 5.75 Å². The Labute approximate surface area is 104 Å². The topological polar surface area (TPSA) is 41.5 Å². The number of aliphatic hydroxyl groups excluding tert-OH is 1. The van der Waals surface area contributed by atoms with E-state index in [1.54, 1.807) is 0 Å². The van der Waals surface area contributed by atoms with Crippen LogP contribution in [0, 0.1) is 0 Å². The Hall–Kier alpha value is -1.06. The maximum Gasteiger partial charge on any atom is 0.120 e. The molecule has 0 saturated carbocycles. The highest BCUT2D eigenvalue weighted by atomic mass is 16.5. The van der Waals surface area contributed by atoms with Crippen molar-refractivity contribution in [3.05, 3.63) is 29.8 Å². The molecule has 0 amide bonds. The summed E-state index contributed by atoms with van der Waals surface area (Å²) >= 11 is 0. The Morgan fingerprint density at radius 2 is 2.06 bits per heavy atom. The maximum absolute atomic E-state index is 8.82. The third kappa shape index (κ3) is 5.71. The van der Waals surface area contributed by atoms with Gasteiger partial charge in [0.2, 0.25) is 0 Å². The minimum absolute atomic E-state index is 0.200. The lowest BCUT2D eigenvalue weighted by atomic mass is 10.2. The molecule has 0 unspecified atom stereocenters. The van der Waals surface area contributed by atoms with Crippen LogP contribution < -0.4 is 10.1 Å². The first-order chi connectivity index (χ1) is 8.11. The normalized spacial score (nSPS) is 12.8. The molecular formula is C14H23NO2. The molecule has 2 N–H and O–H groups in total. The van der Waals surface area contributed by atoms with Crippen LogP contribution in [0.25, 0.3) is 0 Å². The number of hydrogen-bond donors (Lipinski definition) is 2. The van der Waals surface area contributed by atoms with Gasteiger partial charge in [-0.25, -0.2) is 0 Å². The first-order valence-corrected chi connectivity index (χ1v) is 6.21. The summed E-state index contributed by atoms with van der Waals surface area (Å²) in [6.45, 7) is 7.15. The molecule has 1 rings (SSSR count). The molecule has 0 aromatic heterocycles. The summed E-state index contributed by atoms with van der Waals surface area (Å²) in [5.41, 5.74) is 1.20. The van der Waals surface area contributed by atoms with Gasteiger partial charge in [0.25, 0.3) is 0 Å². The second-order valence-corrected chi connectivity index (χ2v) is 4.61. The minimum atomic E-state index is 0.200. The number of ether oxygens (including phenoxy) is 1. The number of rotatable bonds is 7. The summed E-state index contributed by atoms with van der Waals surface area (Å²) in [4.78, 5) is 0. The molecule has 1 aromatic rings. The van der Waals surface area contributed by atoms with Gasteiger partial charge in [-0.15, -0.1) is 0 Å². The molecule has 0 aliphatic carbocycles. The molecular weight excluding hydrogens is 214 g/mol. The lowest BCUT2D eigenvalue weighted by molar-refractivity contribution is 0.242. The van der Waals surface area contributed by atoms with Crippen molar-refractivity contribution < 1.29 is 9.84 Å². The summed E-state index contributed by atoms with van der Waals surface area (Å²) in [6, 6.07) is 8.44. The van der Waals surface area contributed by atoms with Crippen molar-refractivity contribution in [2.75, 3.05) is 6.61 Å². The molecule has 0 fully saturated rings. The Morgan fingerprint density at radius 3 is 2.71 bits per heavy atom. The number of aliphatic hydroxyl groups is 1. The Morgan fingerprint density at radius 1 is 1.29 bits per heavy atom. The SMILES string of the molecule is CC(C)Oc1cccc(CN[C@H](C)CCO)c1. The molecule has 0 radical (unpaired) electrons. The van der Waals surface area contributed by atoms with Crippen molar-refractivity contribution in [1.82, 2.24) is 5.32 Å². The summed E-state index contributed by atoms with van der Waals surface area (Å²) in [5.74, 6) is 0.911. The molecule has 0 heterocycles. The fourth-order valence-corrected chi connectivity index (χ4v) is 1.59. The van der Waals surface area contributed by atoms with Crippen molar-refractivity contribution in [3.8, 4) is 5.75 Å². The molecule has 0 spiro atoms. The van der Waals surface area contributed by atoms with Crippen LogP contribution in [0.3, 0.4) is 0 Å². The zero-order valence-electron chi connectivity index (χ0n) is 10.9.